The van der Waals surface area contributed by atoms with Gasteiger partial charge in [-0.15, -0.1) is 0 Å². The van der Waals surface area contributed by atoms with Gasteiger partial charge in [0.15, 0.2) is 6.10 Å². The fourth-order valence-electron chi connectivity index (χ4n) is 6.81. The van der Waals surface area contributed by atoms with Gasteiger partial charge in [-0.25, -0.2) is 4.57 Å². The van der Waals surface area contributed by atoms with Gasteiger partial charge in [-0.2, -0.15) is 0 Å². The van der Waals surface area contributed by atoms with E-state index in [0.717, 1.165) is 77.0 Å². The maximum Gasteiger partial charge on any atom is 0.472 e. The van der Waals surface area contributed by atoms with Crippen LogP contribution in [0.1, 0.15) is 187 Å². The quantitative estimate of drug-likeness (QED) is 0.0150. The molecule has 1 aliphatic carbocycles. The number of phosphoric ester groups is 1. The van der Waals surface area contributed by atoms with Gasteiger partial charge in [0, 0.05) is 12.8 Å². The number of hydrogen-bond donors (Lipinski definition) is 6. The van der Waals surface area contributed by atoms with Crippen molar-refractivity contribution in [3.8, 4) is 0 Å². The SMILES string of the molecule is CCCCCC/C=C\CCCCCCCC(=O)O[C@H](COC(=O)CCCCCCC/C=C\CCCCCCCCC)COP(=O)(O)OC1C(O)C(O)C(O)[C@@H](O)C1O. The maximum atomic E-state index is 12.8. The smallest absolute Gasteiger partial charge is 0.462 e. The molecule has 0 aromatic heterocycles. The highest BCUT2D eigenvalue weighted by atomic mass is 31.2. The molecule has 0 radical (unpaired) electrons. The van der Waals surface area contributed by atoms with E-state index in [0.29, 0.717) is 12.8 Å². The first-order chi connectivity index (χ1) is 27.9. The topological polar surface area (TPSA) is 210 Å². The van der Waals surface area contributed by atoms with Crippen molar-refractivity contribution in [1.82, 2.24) is 0 Å². The third-order valence-electron chi connectivity index (χ3n) is 10.5. The van der Waals surface area contributed by atoms with Gasteiger partial charge >= 0.3 is 19.8 Å². The summed E-state index contributed by atoms with van der Waals surface area (Å²) in [6.07, 6.45) is 23.8. The summed E-state index contributed by atoms with van der Waals surface area (Å²) in [5.74, 6) is -1.12. The Kier molecular flexibility index (Phi) is 32.8. The summed E-state index contributed by atoms with van der Waals surface area (Å²) in [6.45, 7) is 3.26. The normalized spacial score (nSPS) is 22.7. The Bertz CT molecular complexity index is 1120. The van der Waals surface area contributed by atoms with Crippen molar-refractivity contribution in [2.24, 2.45) is 0 Å². The van der Waals surface area contributed by atoms with Crippen LogP contribution >= 0.6 is 7.82 Å². The first kappa shape index (κ1) is 54.3. The molecule has 0 heterocycles. The summed E-state index contributed by atoms with van der Waals surface area (Å²) in [6, 6.07) is 0. The molecule has 340 valence electrons. The first-order valence-electron chi connectivity index (χ1n) is 22.6. The number of hydrogen-bond acceptors (Lipinski definition) is 12. The summed E-state index contributed by atoms with van der Waals surface area (Å²) in [5, 5.41) is 50.1. The van der Waals surface area contributed by atoms with E-state index in [1.54, 1.807) is 0 Å². The fourth-order valence-corrected chi connectivity index (χ4v) is 7.78. The van der Waals surface area contributed by atoms with Crippen LogP contribution in [0.4, 0.5) is 0 Å². The maximum absolute atomic E-state index is 12.8. The van der Waals surface area contributed by atoms with E-state index in [9.17, 15) is 44.6 Å². The summed E-state index contributed by atoms with van der Waals surface area (Å²) in [7, 11) is -5.12. The fraction of sp³-hybridized carbons (Fsp3) is 0.864. The van der Waals surface area contributed by atoms with Gasteiger partial charge in [-0.05, 0) is 64.2 Å². The number of carbonyl (C=O) groups excluding carboxylic acids is 2. The Morgan fingerprint density at radius 1 is 0.517 bits per heavy atom. The molecule has 1 fully saturated rings. The lowest BCUT2D eigenvalue weighted by molar-refractivity contribution is -0.220. The number of ether oxygens (including phenoxy) is 2. The van der Waals surface area contributed by atoms with Crippen molar-refractivity contribution in [3.63, 3.8) is 0 Å². The summed E-state index contributed by atoms with van der Waals surface area (Å²) in [5.41, 5.74) is 0. The van der Waals surface area contributed by atoms with Gasteiger partial charge in [0.1, 0.15) is 43.2 Å². The Balaban J connectivity index is 2.47. The van der Waals surface area contributed by atoms with Crippen LogP contribution < -0.4 is 0 Å². The Morgan fingerprint density at radius 2 is 0.879 bits per heavy atom. The second-order valence-electron chi connectivity index (χ2n) is 15.9. The summed E-state index contributed by atoms with van der Waals surface area (Å²) >= 11 is 0. The lowest BCUT2D eigenvalue weighted by atomic mass is 9.85. The second-order valence-corrected chi connectivity index (χ2v) is 17.3. The standard InChI is InChI=1S/C44H81O13P/c1-3-5-7-9-11-13-15-17-18-19-21-22-24-26-28-30-32-37(45)54-34-36(35-55-58(52,53)57-44-42(50)40(48)39(47)41(49)43(44)51)56-38(46)33-31-29-27-25-23-20-16-14-12-10-8-6-4-2/h14,16,18-19,36,39-44,47-51H,3-13,15,17,20-35H2,1-2H3,(H,52,53)/b16-14-,19-18-/t36-,39?,40-,41?,42?,43?,44?/m1/s1. The third kappa shape index (κ3) is 27.2. The molecule has 14 heteroatoms. The molecule has 0 spiro atoms. The van der Waals surface area contributed by atoms with Crippen molar-refractivity contribution in [3.05, 3.63) is 24.3 Å². The predicted molar refractivity (Wildman–Crippen MR) is 226 cm³/mol. The van der Waals surface area contributed by atoms with Crippen LogP contribution in [0.25, 0.3) is 0 Å². The van der Waals surface area contributed by atoms with Crippen molar-refractivity contribution in [2.75, 3.05) is 13.2 Å². The van der Waals surface area contributed by atoms with Crippen LogP contribution in [0.15, 0.2) is 24.3 Å². The number of rotatable bonds is 37. The van der Waals surface area contributed by atoms with Crippen molar-refractivity contribution >= 4 is 19.8 Å². The number of allylic oxidation sites excluding steroid dienone is 4. The highest BCUT2D eigenvalue weighted by molar-refractivity contribution is 7.47. The average molecular weight is 849 g/mol. The minimum absolute atomic E-state index is 0.0863. The molecule has 0 saturated heterocycles. The summed E-state index contributed by atoms with van der Waals surface area (Å²) in [4.78, 5) is 35.6. The molecule has 1 saturated carbocycles. The predicted octanol–water partition coefficient (Wildman–Crippen LogP) is 8.45. The largest absolute Gasteiger partial charge is 0.472 e. The lowest BCUT2D eigenvalue weighted by Gasteiger charge is -2.41. The van der Waals surface area contributed by atoms with E-state index in [4.69, 9.17) is 18.5 Å². The van der Waals surface area contributed by atoms with Gasteiger partial charge in [-0.3, -0.25) is 18.6 Å². The molecule has 0 aromatic rings. The number of unbranched alkanes of at least 4 members (excludes halogenated alkanes) is 21. The minimum atomic E-state index is -5.12. The molecule has 1 rings (SSSR count). The van der Waals surface area contributed by atoms with Crippen molar-refractivity contribution in [2.45, 2.75) is 230 Å². The second kappa shape index (κ2) is 35.0. The number of carbonyl (C=O) groups is 2. The van der Waals surface area contributed by atoms with Crippen LogP contribution in [0.5, 0.6) is 0 Å². The molecule has 0 aromatic carbocycles. The van der Waals surface area contributed by atoms with E-state index < -0.39 is 75.7 Å². The molecule has 0 bridgehead atoms. The van der Waals surface area contributed by atoms with Gasteiger partial charge in [0.2, 0.25) is 0 Å². The van der Waals surface area contributed by atoms with Crippen LogP contribution in [0, 0.1) is 0 Å². The molecule has 1 aliphatic rings. The lowest BCUT2D eigenvalue weighted by Crippen LogP contribution is -2.64. The molecule has 58 heavy (non-hydrogen) atoms. The Hall–Kier alpha value is -1.67. The third-order valence-corrected chi connectivity index (χ3v) is 11.5. The number of esters is 2. The van der Waals surface area contributed by atoms with Gasteiger partial charge in [-0.1, -0.05) is 134 Å². The van der Waals surface area contributed by atoms with E-state index in [1.165, 1.54) is 70.6 Å². The minimum Gasteiger partial charge on any atom is -0.462 e. The Labute approximate surface area is 349 Å². The molecular weight excluding hydrogens is 767 g/mol. The molecule has 8 atom stereocenters. The number of phosphoric acid groups is 1. The van der Waals surface area contributed by atoms with E-state index in [2.05, 4.69) is 38.2 Å². The van der Waals surface area contributed by atoms with Gasteiger partial charge in [0.25, 0.3) is 0 Å². The molecule has 6 N–H and O–H groups in total. The highest BCUT2D eigenvalue weighted by Crippen LogP contribution is 2.47. The van der Waals surface area contributed by atoms with Crippen molar-refractivity contribution < 1.29 is 63.1 Å². The zero-order chi connectivity index (χ0) is 42.9. The average Bonchev–Trinajstić information content (AvgIpc) is 3.20. The molecule has 6 unspecified atom stereocenters. The van der Waals surface area contributed by atoms with E-state index in [1.807, 2.05) is 0 Å². The van der Waals surface area contributed by atoms with E-state index in [-0.39, 0.29) is 12.8 Å². The highest BCUT2D eigenvalue weighted by Gasteiger charge is 2.51. The van der Waals surface area contributed by atoms with Crippen LogP contribution in [0.3, 0.4) is 0 Å². The van der Waals surface area contributed by atoms with E-state index >= 15 is 0 Å². The van der Waals surface area contributed by atoms with Gasteiger partial charge in [0.05, 0.1) is 6.61 Å². The zero-order valence-corrected chi connectivity index (χ0v) is 36.7. The number of aliphatic hydroxyl groups excluding tert-OH is 5. The molecule has 13 nitrogen and oxygen atoms in total. The molecular formula is C44H81O13P. The monoisotopic (exact) mass is 849 g/mol. The summed E-state index contributed by atoms with van der Waals surface area (Å²) < 4.78 is 33.5. The molecule has 0 aliphatic heterocycles. The molecule has 0 amide bonds. The van der Waals surface area contributed by atoms with Crippen LogP contribution in [-0.2, 0) is 32.7 Å². The van der Waals surface area contributed by atoms with Gasteiger partial charge < -0.3 is 39.9 Å². The van der Waals surface area contributed by atoms with Crippen molar-refractivity contribution in [1.29, 1.82) is 0 Å². The number of aliphatic hydroxyl groups is 5. The van der Waals surface area contributed by atoms with Crippen LogP contribution in [0.2, 0.25) is 0 Å². The zero-order valence-electron chi connectivity index (χ0n) is 35.8. The van der Waals surface area contributed by atoms with Crippen LogP contribution in [-0.4, -0.2) is 98.3 Å². The Morgan fingerprint density at radius 3 is 1.33 bits per heavy atom. The first-order valence-corrected chi connectivity index (χ1v) is 24.1.